The SMILES string of the molecule is COc1ccccc1C(=O)N/C(=C/c1ccccc1)C(=O)NCCCOC(C)=O. The molecule has 2 aromatic carbocycles. The number of nitrogens with one attached hydrogen (secondary N) is 2. The van der Waals surface area contributed by atoms with Gasteiger partial charge in [0, 0.05) is 13.5 Å². The number of carbonyl (C=O) groups excluding carboxylic acids is 3. The molecule has 2 aromatic rings. The van der Waals surface area contributed by atoms with Gasteiger partial charge in [0.2, 0.25) is 0 Å². The fraction of sp³-hybridized carbons (Fsp3) is 0.227. The molecule has 2 N–H and O–H groups in total. The number of carbonyl (C=O) groups is 3. The first-order valence-corrected chi connectivity index (χ1v) is 9.14. The van der Waals surface area contributed by atoms with Gasteiger partial charge in [0.25, 0.3) is 11.8 Å². The molecule has 0 unspecified atom stereocenters. The minimum absolute atomic E-state index is 0.0968. The molecule has 152 valence electrons. The quantitative estimate of drug-likeness (QED) is 0.386. The lowest BCUT2D eigenvalue weighted by Crippen LogP contribution is -2.35. The highest BCUT2D eigenvalue weighted by atomic mass is 16.5. The van der Waals surface area contributed by atoms with Crippen LogP contribution in [0.3, 0.4) is 0 Å². The Labute approximate surface area is 169 Å². The van der Waals surface area contributed by atoms with Gasteiger partial charge in [0.15, 0.2) is 0 Å². The number of amides is 2. The van der Waals surface area contributed by atoms with Gasteiger partial charge in [0.1, 0.15) is 11.4 Å². The third-order valence-electron chi connectivity index (χ3n) is 3.87. The molecule has 0 heterocycles. The maximum absolute atomic E-state index is 12.7. The molecule has 0 aliphatic heterocycles. The van der Waals surface area contributed by atoms with Crippen molar-refractivity contribution in [3.63, 3.8) is 0 Å². The third-order valence-corrected chi connectivity index (χ3v) is 3.87. The van der Waals surface area contributed by atoms with Gasteiger partial charge in [-0.05, 0) is 30.2 Å². The second-order valence-corrected chi connectivity index (χ2v) is 6.07. The van der Waals surface area contributed by atoms with E-state index >= 15 is 0 Å². The summed E-state index contributed by atoms with van der Waals surface area (Å²) in [7, 11) is 1.47. The first kappa shape index (κ1) is 21.7. The Balaban J connectivity index is 2.13. The summed E-state index contributed by atoms with van der Waals surface area (Å²) in [6, 6.07) is 15.9. The van der Waals surface area contributed by atoms with Gasteiger partial charge in [-0.3, -0.25) is 14.4 Å². The smallest absolute Gasteiger partial charge is 0.302 e. The first-order valence-electron chi connectivity index (χ1n) is 9.14. The van der Waals surface area contributed by atoms with Crippen LogP contribution in [0.1, 0.15) is 29.3 Å². The molecule has 0 aliphatic carbocycles. The highest BCUT2D eigenvalue weighted by Crippen LogP contribution is 2.17. The van der Waals surface area contributed by atoms with E-state index in [4.69, 9.17) is 9.47 Å². The highest BCUT2D eigenvalue weighted by Gasteiger charge is 2.17. The number of methoxy groups -OCH3 is 1. The van der Waals surface area contributed by atoms with Gasteiger partial charge in [0.05, 0.1) is 19.3 Å². The number of para-hydroxylation sites is 1. The van der Waals surface area contributed by atoms with Gasteiger partial charge in [-0.25, -0.2) is 0 Å². The van der Waals surface area contributed by atoms with E-state index in [2.05, 4.69) is 10.6 Å². The third kappa shape index (κ3) is 7.14. The Bertz CT molecular complexity index is 878. The van der Waals surface area contributed by atoms with Crippen molar-refractivity contribution in [2.45, 2.75) is 13.3 Å². The van der Waals surface area contributed by atoms with E-state index in [0.717, 1.165) is 5.56 Å². The molecular weight excluding hydrogens is 372 g/mol. The molecule has 0 spiro atoms. The van der Waals surface area contributed by atoms with E-state index in [1.807, 2.05) is 30.3 Å². The van der Waals surface area contributed by atoms with Crippen molar-refractivity contribution in [3.05, 3.63) is 71.4 Å². The first-order chi connectivity index (χ1) is 14.0. The fourth-order valence-electron chi connectivity index (χ4n) is 2.48. The Morgan fingerprint density at radius 3 is 2.38 bits per heavy atom. The number of esters is 1. The van der Waals surface area contributed by atoms with E-state index in [1.54, 1.807) is 30.3 Å². The number of hydrogen-bond donors (Lipinski definition) is 2. The maximum atomic E-state index is 12.7. The lowest BCUT2D eigenvalue weighted by atomic mass is 10.1. The zero-order valence-electron chi connectivity index (χ0n) is 16.4. The molecule has 7 heteroatoms. The maximum Gasteiger partial charge on any atom is 0.302 e. The molecule has 2 amide bonds. The van der Waals surface area contributed by atoms with Crippen molar-refractivity contribution in [1.29, 1.82) is 0 Å². The summed E-state index contributed by atoms with van der Waals surface area (Å²) in [6.45, 7) is 1.83. The van der Waals surface area contributed by atoms with Gasteiger partial charge in [-0.2, -0.15) is 0 Å². The van der Waals surface area contributed by atoms with Crippen LogP contribution in [0.5, 0.6) is 5.75 Å². The van der Waals surface area contributed by atoms with E-state index in [9.17, 15) is 14.4 Å². The number of hydrogen-bond acceptors (Lipinski definition) is 5. The summed E-state index contributed by atoms with van der Waals surface area (Å²) < 4.78 is 10.1. The van der Waals surface area contributed by atoms with Crippen LogP contribution < -0.4 is 15.4 Å². The highest BCUT2D eigenvalue weighted by molar-refractivity contribution is 6.06. The van der Waals surface area contributed by atoms with Crippen molar-refractivity contribution < 1.29 is 23.9 Å². The Morgan fingerprint density at radius 2 is 1.69 bits per heavy atom. The molecule has 29 heavy (non-hydrogen) atoms. The van der Waals surface area contributed by atoms with Crippen LogP contribution in [0, 0.1) is 0 Å². The van der Waals surface area contributed by atoms with Crippen LogP contribution in [-0.4, -0.2) is 38.0 Å². The molecule has 0 saturated heterocycles. The number of ether oxygens (including phenoxy) is 2. The Kier molecular flexibility index (Phi) is 8.44. The summed E-state index contributed by atoms with van der Waals surface area (Å²) in [5, 5.41) is 5.38. The monoisotopic (exact) mass is 396 g/mol. The van der Waals surface area contributed by atoms with E-state index in [1.165, 1.54) is 14.0 Å². The minimum atomic E-state index is -0.459. The van der Waals surface area contributed by atoms with Crippen molar-refractivity contribution in [1.82, 2.24) is 10.6 Å². The van der Waals surface area contributed by atoms with Crippen LogP contribution in [0.15, 0.2) is 60.3 Å². The fourth-order valence-corrected chi connectivity index (χ4v) is 2.48. The van der Waals surface area contributed by atoms with E-state index in [-0.39, 0.29) is 18.3 Å². The largest absolute Gasteiger partial charge is 0.496 e. The second kappa shape index (κ2) is 11.3. The summed E-state index contributed by atoms with van der Waals surface area (Å²) >= 11 is 0. The molecule has 0 aliphatic rings. The standard InChI is InChI=1S/C22H24N2O5/c1-16(25)29-14-8-13-23-22(27)19(15-17-9-4-3-5-10-17)24-21(26)18-11-6-7-12-20(18)28-2/h3-7,9-12,15H,8,13-14H2,1-2H3,(H,23,27)(H,24,26)/b19-15+. The van der Waals surface area contributed by atoms with Gasteiger partial charge in [-0.15, -0.1) is 0 Å². The van der Waals surface area contributed by atoms with Gasteiger partial charge < -0.3 is 20.1 Å². The topological polar surface area (TPSA) is 93.7 Å². The molecule has 7 nitrogen and oxygen atoms in total. The predicted molar refractivity (Wildman–Crippen MR) is 109 cm³/mol. The van der Waals surface area contributed by atoms with Crippen molar-refractivity contribution in [2.24, 2.45) is 0 Å². The average Bonchev–Trinajstić information content (AvgIpc) is 2.73. The van der Waals surface area contributed by atoms with E-state index < -0.39 is 11.8 Å². The van der Waals surface area contributed by atoms with Crippen LogP contribution in [0.2, 0.25) is 0 Å². The van der Waals surface area contributed by atoms with Crippen LogP contribution in [0.25, 0.3) is 6.08 Å². The summed E-state index contributed by atoms with van der Waals surface area (Å²) in [5.41, 5.74) is 1.18. The van der Waals surface area contributed by atoms with Gasteiger partial charge >= 0.3 is 5.97 Å². The summed E-state index contributed by atoms with van der Waals surface area (Å²) in [6.07, 6.45) is 2.05. The molecule has 0 radical (unpaired) electrons. The molecule has 0 fully saturated rings. The second-order valence-electron chi connectivity index (χ2n) is 6.07. The lowest BCUT2D eigenvalue weighted by Gasteiger charge is -2.13. The molecule has 2 rings (SSSR count). The lowest BCUT2D eigenvalue weighted by molar-refractivity contribution is -0.141. The van der Waals surface area contributed by atoms with Crippen LogP contribution in [0.4, 0.5) is 0 Å². The molecule has 0 atom stereocenters. The van der Waals surface area contributed by atoms with Gasteiger partial charge in [-0.1, -0.05) is 42.5 Å². The summed E-state index contributed by atoms with van der Waals surface area (Å²) in [5.74, 6) is -0.865. The molecule has 0 saturated carbocycles. The van der Waals surface area contributed by atoms with Crippen LogP contribution in [-0.2, 0) is 14.3 Å². The predicted octanol–water partition coefficient (Wildman–Crippen LogP) is 2.54. The summed E-state index contributed by atoms with van der Waals surface area (Å²) in [4.78, 5) is 36.1. The number of rotatable bonds is 9. The van der Waals surface area contributed by atoms with Crippen molar-refractivity contribution >= 4 is 23.9 Å². The molecule has 0 aromatic heterocycles. The molecular formula is C22H24N2O5. The van der Waals surface area contributed by atoms with Crippen molar-refractivity contribution in [2.75, 3.05) is 20.3 Å². The Morgan fingerprint density at radius 1 is 1.00 bits per heavy atom. The minimum Gasteiger partial charge on any atom is -0.496 e. The molecule has 0 bridgehead atoms. The normalized spacial score (nSPS) is 10.8. The van der Waals surface area contributed by atoms with Crippen molar-refractivity contribution in [3.8, 4) is 5.75 Å². The van der Waals surface area contributed by atoms with E-state index in [0.29, 0.717) is 24.3 Å². The van der Waals surface area contributed by atoms with Crippen LogP contribution >= 0.6 is 0 Å². The zero-order valence-corrected chi connectivity index (χ0v) is 16.4. The average molecular weight is 396 g/mol. The zero-order chi connectivity index (χ0) is 21.1. The number of benzene rings is 2. The Hall–Kier alpha value is -3.61.